The van der Waals surface area contributed by atoms with Gasteiger partial charge in [0.05, 0.1) is 6.42 Å². The predicted octanol–water partition coefficient (Wildman–Crippen LogP) is 2.50. The van der Waals surface area contributed by atoms with E-state index in [2.05, 4.69) is 12.2 Å². The quantitative estimate of drug-likeness (QED) is 0.858. The number of hydrogen-bond acceptors (Lipinski definition) is 2. The number of nitrogens with zero attached hydrogens (tertiary/aromatic N) is 1. The van der Waals surface area contributed by atoms with E-state index in [4.69, 9.17) is 5.11 Å². The van der Waals surface area contributed by atoms with Crippen LogP contribution in [-0.2, 0) is 11.2 Å². The zero-order chi connectivity index (χ0) is 14.4. The van der Waals surface area contributed by atoms with Crippen molar-refractivity contribution in [2.45, 2.75) is 26.7 Å². The van der Waals surface area contributed by atoms with Crippen LogP contribution in [0.25, 0.3) is 0 Å². The van der Waals surface area contributed by atoms with Gasteiger partial charge in [0, 0.05) is 19.3 Å². The second-order valence-electron chi connectivity index (χ2n) is 4.49. The molecule has 0 atom stereocenters. The fourth-order valence-corrected chi connectivity index (χ4v) is 1.75. The summed E-state index contributed by atoms with van der Waals surface area (Å²) in [6.45, 7) is 4.27. The van der Waals surface area contributed by atoms with Crippen LogP contribution in [0.3, 0.4) is 0 Å². The maximum Gasteiger partial charge on any atom is 0.321 e. The largest absolute Gasteiger partial charge is 0.481 e. The van der Waals surface area contributed by atoms with E-state index >= 15 is 0 Å². The molecule has 0 aliphatic rings. The van der Waals surface area contributed by atoms with Crippen molar-refractivity contribution >= 4 is 17.7 Å². The Balaban J connectivity index is 2.61. The molecule has 0 fully saturated rings. The number of aryl methyl sites for hydroxylation is 2. The van der Waals surface area contributed by atoms with Crippen LogP contribution in [0.5, 0.6) is 0 Å². The Morgan fingerprint density at radius 2 is 2.05 bits per heavy atom. The molecule has 0 unspecified atom stereocenters. The summed E-state index contributed by atoms with van der Waals surface area (Å²) in [5, 5.41) is 11.3. The summed E-state index contributed by atoms with van der Waals surface area (Å²) in [6, 6.07) is 5.46. The number of aliphatic carboxylic acids is 1. The summed E-state index contributed by atoms with van der Waals surface area (Å²) in [4.78, 5) is 23.6. The highest BCUT2D eigenvalue weighted by molar-refractivity contribution is 5.89. The number of carbonyl (C=O) groups excluding carboxylic acids is 1. The first kappa shape index (κ1) is 15.0. The molecule has 0 aliphatic carbocycles. The first-order chi connectivity index (χ1) is 8.93. The first-order valence-electron chi connectivity index (χ1n) is 6.27. The third kappa shape index (κ3) is 4.62. The summed E-state index contributed by atoms with van der Waals surface area (Å²) in [5.74, 6) is -0.914. The van der Waals surface area contributed by atoms with Crippen LogP contribution >= 0.6 is 0 Å². The number of rotatable bonds is 5. The summed E-state index contributed by atoms with van der Waals surface area (Å²) in [6.07, 6.45) is 0.899. The Kier molecular flexibility index (Phi) is 5.36. The number of hydrogen-bond donors (Lipinski definition) is 2. The molecule has 2 amide bonds. The van der Waals surface area contributed by atoms with Crippen molar-refractivity contribution in [2.24, 2.45) is 0 Å². The van der Waals surface area contributed by atoms with Gasteiger partial charge in [-0.25, -0.2) is 4.79 Å². The van der Waals surface area contributed by atoms with Crippen molar-refractivity contribution in [1.82, 2.24) is 4.90 Å². The van der Waals surface area contributed by atoms with Crippen molar-refractivity contribution < 1.29 is 14.7 Å². The minimum Gasteiger partial charge on any atom is -0.481 e. The van der Waals surface area contributed by atoms with Crippen LogP contribution in [0.15, 0.2) is 18.2 Å². The third-order valence-corrected chi connectivity index (χ3v) is 2.98. The summed E-state index contributed by atoms with van der Waals surface area (Å²) in [7, 11) is 1.57. The van der Waals surface area contributed by atoms with Gasteiger partial charge < -0.3 is 15.3 Å². The van der Waals surface area contributed by atoms with E-state index in [9.17, 15) is 9.59 Å². The monoisotopic (exact) mass is 264 g/mol. The van der Waals surface area contributed by atoms with Gasteiger partial charge in [-0.3, -0.25) is 4.79 Å². The number of carbonyl (C=O) groups is 2. The highest BCUT2D eigenvalue weighted by atomic mass is 16.4. The molecule has 0 radical (unpaired) electrons. The van der Waals surface area contributed by atoms with E-state index < -0.39 is 5.97 Å². The Morgan fingerprint density at radius 1 is 1.37 bits per heavy atom. The minimum absolute atomic E-state index is 0.0578. The van der Waals surface area contributed by atoms with Gasteiger partial charge in [0.15, 0.2) is 0 Å². The van der Waals surface area contributed by atoms with E-state index in [1.807, 2.05) is 25.1 Å². The van der Waals surface area contributed by atoms with Crippen molar-refractivity contribution in [2.75, 3.05) is 18.9 Å². The smallest absolute Gasteiger partial charge is 0.321 e. The van der Waals surface area contributed by atoms with Crippen LogP contribution in [0.4, 0.5) is 10.5 Å². The second kappa shape index (κ2) is 6.78. The number of benzene rings is 1. The fourth-order valence-electron chi connectivity index (χ4n) is 1.75. The van der Waals surface area contributed by atoms with E-state index in [0.29, 0.717) is 0 Å². The predicted molar refractivity (Wildman–Crippen MR) is 74.5 cm³/mol. The van der Waals surface area contributed by atoms with Crippen LogP contribution in [0.2, 0.25) is 0 Å². The molecule has 0 bridgehead atoms. The molecule has 0 heterocycles. The minimum atomic E-state index is -0.914. The number of nitrogens with one attached hydrogen (secondary N) is 1. The topological polar surface area (TPSA) is 69.6 Å². The first-order valence-corrected chi connectivity index (χ1v) is 6.27. The number of carboxylic acids is 1. The molecule has 5 heteroatoms. The molecule has 104 valence electrons. The number of urea groups is 1. The standard InChI is InChI=1S/C14H20N2O3/c1-4-11-5-6-12(9-10(11)2)15-14(19)16(3)8-7-13(17)18/h5-6,9H,4,7-8H2,1-3H3,(H,15,19)(H,17,18). The molecule has 2 N–H and O–H groups in total. The van der Waals surface area contributed by atoms with Gasteiger partial charge in [0.2, 0.25) is 0 Å². The molecule has 0 aliphatic heterocycles. The lowest BCUT2D eigenvalue weighted by atomic mass is 10.1. The molecule has 19 heavy (non-hydrogen) atoms. The van der Waals surface area contributed by atoms with Crippen molar-refractivity contribution in [3.05, 3.63) is 29.3 Å². The highest BCUT2D eigenvalue weighted by Gasteiger charge is 2.10. The van der Waals surface area contributed by atoms with E-state index in [1.54, 1.807) is 7.05 Å². The van der Waals surface area contributed by atoms with E-state index in [0.717, 1.165) is 17.7 Å². The van der Waals surface area contributed by atoms with Gasteiger partial charge in [0.25, 0.3) is 0 Å². The summed E-state index contributed by atoms with van der Waals surface area (Å²) < 4.78 is 0. The molecule has 1 aromatic carbocycles. The number of carboxylic acid groups (broad SMARTS) is 1. The fraction of sp³-hybridized carbons (Fsp3) is 0.429. The third-order valence-electron chi connectivity index (χ3n) is 2.98. The van der Waals surface area contributed by atoms with Gasteiger partial charge in [-0.2, -0.15) is 0 Å². The average molecular weight is 264 g/mol. The molecular formula is C14H20N2O3. The van der Waals surface area contributed by atoms with E-state index in [1.165, 1.54) is 10.5 Å². The lowest BCUT2D eigenvalue weighted by Gasteiger charge is -2.17. The van der Waals surface area contributed by atoms with Gasteiger partial charge in [0.1, 0.15) is 0 Å². The molecule has 0 spiro atoms. The average Bonchev–Trinajstić information content (AvgIpc) is 2.36. The van der Waals surface area contributed by atoms with Gasteiger partial charge in [-0.1, -0.05) is 13.0 Å². The Morgan fingerprint density at radius 3 is 2.58 bits per heavy atom. The van der Waals surface area contributed by atoms with Crippen LogP contribution in [-0.4, -0.2) is 35.6 Å². The SMILES string of the molecule is CCc1ccc(NC(=O)N(C)CCC(=O)O)cc1C. The normalized spacial score (nSPS) is 10.1. The highest BCUT2D eigenvalue weighted by Crippen LogP contribution is 2.16. The van der Waals surface area contributed by atoms with Crippen LogP contribution < -0.4 is 5.32 Å². The van der Waals surface area contributed by atoms with Crippen molar-refractivity contribution in [3.8, 4) is 0 Å². The molecule has 1 aromatic rings. The molecule has 0 saturated heterocycles. The Bertz CT molecular complexity index is 472. The lowest BCUT2D eigenvalue weighted by Crippen LogP contribution is -2.33. The maximum atomic E-state index is 11.8. The number of anilines is 1. The Hall–Kier alpha value is -2.04. The molecule has 0 saturated carbocycles. The lowest BCUT2D eigenvalue weighted by molar-refractivity contribution is -0.137. The summed E-state index contributed by atoms with van der Waals surface area (Å²) in [5.41, 5.74) is 3.10. The maximum absolute atomic E-state index is 11.8. The molecule has 1 rings (SSSR count). The summed E-state index contributed by atoms with van der Waals surface area (Å²) >= 11 is 0. The van der Waals surface area contributed by atoms with Crippen molar-refractivity contribution in [3.63, 3.8) is 0 Å². The number of amides is 2. The van der Waals surface area contributed by atoms with E-state index in [-0.39, 0.29) is 19.0 Å². The van der Waals surface area contributed by atoms with Gasteiger partial charge in [-0.05, 0) is 36.6 Å². The molecule has 5 nitrogen and oxygen atoms in total. The zero-order valence-electron chi connectivity index (χ0n) is 11.6. The Labute approximate surface area is 113 Å². The molecule has 0 aromatic heterocycles. The van der Waals surface area contributed by atoms with Crippen LogP contribution in [0, 0.1) is 6.92 Å². The van der Waals surface area contributed by atoms with Crippen molar-refractivity contribution in [1.29, 1.82) is 0 Å². The zero-order valence-corrected chi connectivity index (χ0v) is 11.6. The second-order valence-corrected chi connectivity index (χ2v) is 4.49. The van der Waals surface area contributed by atoms with Gasteiger partial charge in [-0.15, -0.1) is 0 Å². The van der Waals surface area contributed by atoms with Gasteiger partial charge >= 0.3 is 12.0 Å². The molecular weight excluding hydrogens is 244 g/mol. The van der Waals surface area contributed by atoms with Crippen LogP contribution in [0.1, 0.15) is 24.5 Å².